The van der Waals surface area contributed by atoms with E-state index in [9.17, 15) is 24.1 Å². The second-order valence-electron chi connectivity index (χ2n) is 7.73. The number of hydrogen-bond acceptors (Lipinski definition) is 10. The van der Waals surface area contributed by atoms with E-state index in [0.29, 0.717) is 4.57 Å². The van der Waals surface area contributed by atoms with Gasteiger partial charge in [-0.05, 0) is 31.5 Å². The Morgan fingerprint density at radius 2 is 2.11 bits per heavy atom. The smallest absolute Gasteiger partial charge is 0.459 e. The van der Waals surface area contributed by atoms with E-state index in [4.69, 9.17) is 24.1 Å². The van der Waals surface area contributed by atoms with E-state index >= 15 is 4.39 Å². The molecule has 6 atom stereocenters. The molecule has 37 heavy (non-hydrogen) atoms. The fraction of sp³-hybridized carbons (Fsp3) is 0.450. The maximum atomic E-state index is 15.3. The molecule has 0 aliphatic carbocycles. The number of azide groups is 1. The van der Waals surface area contributed by atoms with Crippen molar-refractivity contribution in [2.75, 3.05) is 13.2 Å². The minimum Gasteiger partial charge on any atom is -0.465 e. The zero-order chi connectivity index (χ0) is 27.2. The number of aliphatic hydroxyl groups excluding tert-OH is 1. The standard InChI is InChI=1S/C20H24FN6O9P/c1-3-33-18(30)12(2)24-37(32,36-13-7-5-4-6-8-13)34-11-20(25-26-22)16(21)15(29)17(35-20)27-10-9-14(28)23-19(27)31/h4-10,12,15-17,29H,3,11H2,1-2H3,(H,24,32)(H,23,28,31)/t12-,15+,16-,17+,20+,37?/m0/s1. The molecule has 1 fully saturated rings. The van der Waals surface area contributed by atoms with Crippen LogP contribution in [0.5, 0.6) is 5.75 Å². The average Bonchev–Trinajstić information content (AvgIpc) is 3.09. The summed E-state index contributed by atoms with van der Waals surface area (Å²) in [7, 11) is -4.53. The summed E-state index contributed by atoms with van der Waals surface area (Å²) in [6.07, 6.45) is -5.37. The van der Waals surface area contributed by atoms with Gasteiger partial charge in [-0.25, -0.2) is 13.8 Å². The van der Waals surface area contributed by atoms with Gasteiger partial charge in [0.1, 0.15) is 17.9 Å². The van der Waals surface area contributed by atoms with Crippen LogP contribution in [0.4, 0.5) is 4.39 Å². The van der Waals surface area contributed by atoms with Crippen LogP contribution in [0.25, 0.3) is 10.4 Å². The van der Waals surface area contributed by atoms with Crippen LogP contribution in [0, 0.1) is 0 Å². The van der Waals surface area contributed by atoms with Crippen molar-refractivity contribution in [1.29, 1.82) is 0 Å². The summed E-state index contributed by atoms with van der Waals surface area (Å²) in [6.45, 7) is 1.84. The van der Waals surface area contributed by atoms with E-state index < -0.39 is 61.8 Å². The van der Waals surface area contributed by atoms with Crippen molar-refractivity contribution in [3.63, 3.8) is 0 Å². The Bertz CT molecular complexity index is 1320. The van der Waals surface area contributed by atoms with Crippen LogP contribution in [-0.2, 0) is 23.4 Å². The average molecular weight is 542 g/mol. The van der Waals surface area contributed by atoms with E-state index in [0.717, 1.165) is 12.3 Å². The van der Waals surface area contributed by atoms with Gasteiger partial charge < -0.3 is 19.1 Å². The molecule has 15 nitrogen and oxygen atoms in total. The molecule has 0 amide bonds. The van der Waals surface area contributed by atoms with Gasteiger partial charge in [0.25, 0.3) is 5.56 Å². The Morgan fingerprint density at radius 3 is 2.73 bits per heavy atom. The number of aromatic nitrogens is 2. The maximum absolute atomic E-state index is 15.3. The van der Waals surface area contributed by atoms with Gasteiger partial charge in [0, 0.05) is 17.2 Å². The molecule has 1 aromatic heterocycles. The Morgan fingerprint density at radius 1 is 1.41 bits per heavy atom. The second kappa shape index (κ2) is 11.7. The molecule has 200 valence electrons. The first-order valence-electron chi connectivity index (χ1n) is 10.9. The first kappa shape index (κ1) is 28.1. The van der Waals surface area contributed by atoms with Crippen LogP contribution >= 0.6 is 7.75 Å². The summed E-state index contributed by atoms with van der Waals surface area (Å²) >= 11 is 0. The number of para-hydroxylation sites is 1. The van der Waals surface area contributed by atoms with Crippen LogP contribution in [0.3, 0.4) is 0 Å². The van der Waals surface area contributed by atoms with Crippen molar-refractivity contribution in [1.82, 2.24) is 14.6 Å². The van der Waals surface area contributed by atoms with Crippen LogP contribution in [0.15, 0.2) is 57.3 Å². The molecular formula is C20H24FN6O9P. The monoisotopic (exact) mass is 542 g/mol. The number of halogens is 1. The number of nitrogens with zero attached hydrogens (tertiary/aromatic N) is 4. The van der Waals surface area contributed by atoms with Crippen molar-refractivity contribution in [3.05, 3.63) is 73.9 Å². The predicted octanol–water partition coefficient (Wildman–Crippen LogP) is 1.52. The van der Waals surface area contributed by atoms with Crippen molar-refractivity contribution < 1.29 is 37.4 Å². The van der Waals surface area contributed by atoms with E-state index in [1.165, 1.54) is 19.1 Å². The molecule has 2 aromatic rings. The zero-order valence-electron chi connectivity index (χ0n) is 19.6. The number of H-pyrrole nitrogens is 1. The molecule has 0 bridgehead atoms. The molecule has 1 aromatic carbocycles. The molecular weight excluding hydrogens is 518 g/mol. The number of carbonyl (C=O) groups excluding carboxylic acids is 1. The quantitative estimate of drug-likeness (QED) is 0.123. The largest absolute Gasteiger partial charge is 0.465 e. The third-order valence-corrected chi connectivity index (χ3v) is 6.71. The molecule has 3 rings (SSSR count). The summed E-state index contributed by atoms with van der Waals surface area (Å²) in [6, 6.07) is 7.37. The maximum Gasteiger partial charge on any atom is 0.459 e. The SMILES string of the molecule is CCOC(=O)[C@H](C)NP(=O)(OC[C@@]1(N=[N+]=[N-])O[C@@H](n2ccc(=O)[nH]c2=O)[C@H](O)[C@@H]1F)Oc1ccccc1. The summed E-state index contributed by atoms with van der Waals surface area (Å²) in [5, 5.41) is 16.1. The number of aromatic amines is 1. The van der Waals surface area contributed by atoms with Gasteiger partial charge >= 0.3 is 19.4 Å². The second-order valence-corrected chi connectivity index (χ2v) is 9.42. The summed E-state index contributed by atoms with van der Waals surface area (Å²) in [5.74, 6) is -0.741. The number of aliphatic hydroxyl groups is 1. The van der Waals surface area contributed by atoms with Crippen molar-refractivity contribution in [3.8, 4) is 5.75 Å². The highest BCUT2D eigenvalue weighted by atomic mass is 31.2. The van der Waals surface area contributed by atoms with E-state index in [2.05, 4.69) is 15.1 Å². The lowest BCUT2D eigenvalue weighted by Gasteiger charge is -2.28. The van der Waals surface area contributed by atoms with Crippen molar-refractivity contribution in [2.45, 2.75) is 44.1 Å². The minimum atomic E-state index is -4.53. The van der Waals surface area contributed by atoms with Crippen molar-refractivity contribution >= 4 is 13.7 Å². The molecule has 3 N–H and O–H groups in total. The summed E-state index contributed by atoms with van der Waals surface area (Å²) in [5.41, 5.74) is 4.65. The van der Waals surface area contributed by atoms with Crippen LogP contribution in [-0.4, -0.2) is 57.9 Å². The third kappa shape index (κ3) is 6.43. The first-order chi connectivity index (χ1) is 17.5. The van der Waals surface area contributed by atoms with Crippen LogP contribution in [0.2, 0.25) is 0 Å². The number of nitrogens with one attached hydrogen (secondary N) is 2. The topological polar surface area (TPSA) is 207 Å². The number of rotatable bonds is 11. The Hall–Kier alpha value is -3.52. The molecule has 2 heterocycles. The minimum absolute atomic E-state index is 0.0380. The Kier molecular flexibility index (Phi) is 8.86. The zero-order valence-corrected chi connectivity index (χ0v) is 20.5. The van der Waals surface area contributed by atoms with Gasteiger partial charge in [-0.1, -0.05) is 23.3 Å². The highest BCUT2D eigenvalue weighted by molar-refractivity contribution is 7.52. The van der Waals surface area contributed by atoms with Gasteiger partial charge in [0.15, 0.2) is 12.4 Å². The number of alkyl halides is 1. The van der Waals surface area contributed by atoms with Crippen LogP contribution in [0.1, 0.15) is 20.1 Å². The molecule has 17 heteroatoms. The molecule has 0 radical (unpaired) electrons. The highest BCUT2D eigenvalue weighted by Crippen LogP contribution is 2.48. The normalized spacial score (nSPS) is 25.5. The Balaban J connectivity index is 1.91. The van der Waals surface area contributed by atoms with E-state index in [-0.39, 0.29) is 12.4 Å². The van der Waals surface area contributed by atoms with Gasteiger partial charge in [-0.2, -0.15) is 5.09 Å². The van der Waals surface area contributed by atoms with Crippen molar-refractivity contribution in [2.24, 2.45) is 5.11 Å². The molecule has 1 saturated heterocycles. The number of benzene rings is 1. The molecule has 0 saturated carbocycles. The van der Waals surface area contributed by atoms with Gasteiger partial charge in [0.05, 0.1) is 13.2 Å². The van der Waals surface area contributed by atoms with E-state index in [1.807, 2.05) is 4.98 Å². The number of ether oxygens (including phenoxy) is 2. The lowest BCUT2D eigenvalue weighted by molar-refractivity contribution is -0.144. The fourth-order valence-electron chi connectivity index (χ4n) is 3.35. The van der Waals surface area contributed by atoms with E-state index in [1.54, 1.807) is 25.1 Å². The fourth-order valence-corrected chi connectivity index (χ4v) is 4.86. The van der Waals surface area contributed by atoms with Crippen LogP contribution < -0.4 is 20.9 Å². The van der Waals surface area contributed by atoms with Gasteiger partial charge in [0.2, 0.25) is 5.72 Å². The number of esters is 1. The highest BCUT2D eigenvalue weighted by Gasteiger charge is 2.57. The van der Waals surface area contributed by atoms with Gasteiger partial charge in [-0.15, -0.1) is 0 Å². The Labute approximate surface area is 208 Å². The number of carbonyl (C=O) groups is 1. The summed E-state index contributed by atoms with van der Waals surface area (Å²) in [4.78, 5) is 40.1. The molecule has 1 aliphatic heterocycles. The van der Waals surface area contributed by atoms with Gasteiger partial charge in [-0.3, -0.25) is 23.7 Å². The lowest BCUT2D eigenvalue weighted by atomic mass is 10.1. The molecule has 0 spiro atoms. The predicted molar refractivity (Wildman–Crippen MR) is 124 cm³/mol. The lowest BCUT2D eigenvalue weighted by Crippen LogP contribution is -2.43. The summed E-state index contributed by atoms with van der Waals surface area (Å²) < 4.78 is 50.7. The molecule has 1 unspecified atom stereocenters. The molecule has 1 aliphatic rings. The number of hydrogen-bond donors (Lipinski definition) is 3. The first-order valence-corrected chi connectivity index (χ1v) is 12.4. The third-order valence-electron chi connectivity index (χ3n) is 5.09.